The number of anilines is 1. The number of aromatic nitrogens is 2. The van der Waals surface area contributed by atoms with E-state index in [4.69, 9.17) is 0 Å². The van der Waals surface area contributed by atoms with Gasteiger partial charge in [0.15, 0.2) is 5.82 Å². The summed E-state index contributed by atoms with van der Waals surface area (Å²) < 4.78 is 0. The molecule has 0 aliphatic carbocycles. The van der Waals surface area contributed by atoms with Gasteiger partial charge in [0, 0.05) is 18.4 Å². The van der Waals surface area contributed by atoms with Crippen molar-refractivity contribution in [1.29, 1.82) is 0 Å². The third-order valence-electron chi connectivity index (χ3n) is 2.75. The molecule has 3 amide bonds. The molecule has 0 radical (unpaired) electrons. The summed E-state index contributed by atoms with van der Waals surface area (Å²) in [5, 5.41) is 10.4. The molecule has 1 saturated heterocycles. The molecule has 0 bridgehead atoms. The summed E-state index contributed by atoms with van der Waals surface area (Å²) >= 11 is 0. The lowest BCUT2D eigenvalue weighted by molar-refractivity contribution is -0.120. The smallest absolute Gasteiger partial charge is 0.278 e. The molecule has 1 aromatic heterocycles. The number of rotatable bonds is 1. The fourth-order valence-electron chi connectivity index (χ4n) is 1.65. The number of amides is 3. The van der Waals surface area contributed by atoms with Gasteiger partial charge in [-0.05, 0) is 12.1 Å². The zero-order valence-electron chi connectivity index (χ0n) is 10.7. The molecule has 6 nitrogen and oxygen atoms in total. The van der Waals surface area contributed by atoms with Crippen molar-refractivity contribution in [3.8, 4) is 0 Å². The summed E-state index contributed by atoms with van der Waals surface area (Å²) in [7, 11) is 0. The van der Waals surface area contributed by atoms with Gasteiger partial charge in [-0.25, -0.2) is 4.79 Å². The summed E-state index contributed by atoms with van der Waals surface area (Å²) in [5.41, 5.74) is 0.783. The quantitative estimate of drug-likeness (QED) is 0.810. The molecular formula is C12H16N4O2. The maximum atomic E-state index is 11.6. The van der Waals surface area contributed by atoms with Crippen LogP contribution in [0.3, 0.4) is 0 Å². The summed E-state index contributed by atoms with van der Waals surface area (Å²) in [6.07, 6.45) is 0.286. The molecule has 2 heterocycles. The van der Waals surface area contributed by atoms with Crippen molar-refractivity contribution in [2.45, 2.75) is 32.6 Å². The van der Waals surface area contributed by atoms with Crippen LogP contribution in [0.1, 0.15) is 32.9 Å². The maximum absolute atomic E-state index is 11.6. The topological polar surface area (TPSA) is 75.2 Å². The number of imide groups is 1. The van der Waals surface area contributed by atoms with Crippen molar-refractivity contribution >= 4 is 17.8 Å². The predicted molar refractivity (Wildman–Crippen MR) is 66.2 cm³/mol. The molecule has 1 fully saturated rings. The van der Waals surface area contributed by atoms with Crippen molar-refractivity contribution in [2.24, 2.45) is 0 Å². The van der Waals surface area contributed by atoms with E-state index in [1.165, 1.54) is 4.90 Å². The molecule has 0 spiro atoms. The van der Waals surface area contributed by atoms with Gasteiger partial charge in [-0.3, -0.25) is 15.0 Å². The van der Waals surface area contributed by atoms with Crippen molar-refractivity contribution < 1.29 is 9.59 Å². The van der Waals surface area contributed by atoms with Crippen molar-refractivity contribution in [1.82, 2.24) is 15.5 Å². The molecule has 0 unspecified atom stereocenters. The molecule has 6 heteroatoms. The number of urea groups is 1. The van der Waals surface area contributed by atoms with Gasteiger partial charge in [-0.1, -0.05) is 20.8 Å². The van der Waals surface area contributed by atoms with Crippen LogP contribution in [0.25, 0.3) is 0 Å². The van der Waals surface area contributed by atoms with E-state index in [-0.39, 0.29) is 17.7 Å². The molecule has 1 aliphatic heterocycles. The van der Waals surface area contributed by atoms with E-state index >= 15 is 0 Å². The zero-order valence-corrected chi connectivity index (χ0v) is 10.7. The Hall–Kier alpha value is -1.98. The first-order valence-corrected chi connectivity index (χ1v) is 5.83. The van der Waals surface area contributed by atoms with Crippen LogP contribution in [0.2, 0.25) is 0 Å². The Morgan fingerprint density at radius 1 is 1.22 bits per heavy atom. The van der Waals surface area contributed by atoms with Gasteiger partial charge in [0.1, 0.15) is 0 Å². The highest BCUT2D eigenvalue weighted by Gasteiger charge is 2.26. The molecule has 1 aliphatic rings. The third-order valence-corrected chi connectivity index (χ3v) is 2.75. The second-order valence-corrected chi connectivity index (χ2v) is 5.28. The molecule has 18 heavy (non-hydrogen) atoms. The van der Waals surface area contributed by atoms with Gasteiger partial charge < -0.3 is 0 Å². The summed E-state index contributed by atoms with van der Waals surface area (Å²) in [4.78, 5) is 24.1. The van der Waals surface area contributed by atoms with Gasteiger partial charge in [-0.2, -0.15) is 5.10 Å². The Labute approximate surface area is 105 Å². The minimum absolute atomic E-state index is 0.0777. The SMILES string of the molecule is CC(C)(C)c1ccc(N2CCC(=O)NC2=O)nn1. The lowest BCUT2D eigenvalue weighted by atomic mass is 9.92. The Morgan fingerprint density at radius 2 is 1.94 bits per heavy atom. The predicted octanol–water partition coefficient (Wildman–Crippen LogP) is 1.22. The number of carbonyl (C=O) groups is 2. The third kappa shape index (κ3) is 2.47. The lowest BCUT2D eigenvalue weighted by Gasteiger charge is -2.25. The summed E-state index contributed by atoms with van der Waals surface area (Å²) in [6.45, 7) is 6.48. The number of nitrogens with zero attached hydrogens (tertiary/aromatic N) is 3. The molecule has 0 atom stereocenters. The lowest BCUT2D eigenvalue weighted by Crippen LogP contribution is -2.50. The summed E-state index contributed by atoms with van der Waals surface area (Å²) in [5.74, 6) is 0.212. The highest BCUT2D eigenvalue weighted by Crippen LogP contribution is 2.21. The molecule has 2 rings (SSSR count). The van der Waals surface area contributed by atoms with E-state index in [0.29, 0.717) is 12.4 Å². The number of carbonyl (C=O) groups excluding carboxylic acids is 2. The molecule has 0 aromatic carbocycles. The van der Waals surface area contributed by atoms with Crippen LogP contribution in [-0.4, -0.2) is 28.7 Å². The van der Waals surface area contributed by atoms with Crippen LogP contribution in [-0.2, 0) is 10.2 Å². The van der Waals surface area contributed by atoms with Gasteiger partial charge in [0.25, 0.3) is 0 Å². The highest BCUT2D eigenvalue weighted by atomic mass is 16.2. The van der Waals surface area contributed by atoms with Crippen LogP contribution >= 0.6 is 0 Å². The van der Waals surface area contributed by atoms with Crippen molar-refractivity contribution in [3.05, 3.63) is 17.8 Å². The Kier molecular flexibility index (Phi) is 3.02. The average Bonchev–Trinajstić information content (AvgIpc) is 2.28. The van der Waals surface area contributed by atoms with E-state index in [0.717, 1.165) is 5.69 Å². The van der Waals surface area contributed by atoms with E-state index in [1.54, 1.807) is 6.07 Å². The molecule has 1 aromatic rings. The Balaban J connectivity index is 2.20. The minimum Gasteiger partial charge on any atom is -0.278 e. The van der Waals surface area contributed by atoms with Crippen LogP contribution in [0.5, 0.6) is 0 Å². The van der Waals surface area contributed by atoms with Crippen LogP contribution in [0.15, 0.2) is 12.1 Å². The van der Waals surface area contributed by atoms with Crippen LogP contribution in [0, 0.1) is 0 Å². The average molecular weight is 248 g/mol. The summed E-state index contributed by atoms with van der Waals surface area (Å²) in [6, 6.07) is 3.17. The first kappa shape index (κ1) is 12.5. The van der Waals surface area contributed by atoms with Crippen LogP contribution in [0.4, 0.5) is 10.6 Å². The Morgan fingerprint density at radius 3 is 2.44 bits per heavy atom. The molecular weight excluding hydrogens is 232 g/mol. The van der Waals surface area contributed by atoms with E-state index in [9.17, 15) is 9.59 Å². The van der Waals surface area contributed by atoms with Gasteiger partial charge in [0.05, 0.1) is 5.69 Å². The minimum atomic E-state index is -0.441. The number of hydrogen-bond acceptors (Lipinski definition) is 4. The second kappa shape index (κ2) is 4.36. The molecule has 1 N–H and O–H groups in total. The second-order valence-electron chi connectivity index (χ2n) is 5.28. The van der Waals surface area contributed by atoms with Gasteiger partial charge in [-0.15, -0.1) is 5.10 Å². The largest absolute Gasteiger partial charge is 0.329 e. The first-order valence-electron chi connectivity index (χ1n) is 5.83. The standard InChI is InChI=1S/C12H16N4O2/c1-12(2,3)8-4-5-9(15-14-8)16-7-6-10(17)13-11(16)18/h4-5H,6-7H2,1-3H3,(H,13,17,18). The van der Waals surface area contributed by atoms with Gasteiger partial charge in [0.2, 0.25) is 5.91 Å². The number of nitrogens with one attached hydrogen (secondary N) is 1. The Bertz CT molecular complexity index is 476. The highest BCUT2D eigenvalue weighted by molar-refractivity contribution is 6.05. The fraction of sp³-hybridized carbons (Fsp3) is 0.500. The fourth-order valence-corrected chi connectivity index (χ4v) is 1.65. The van der Waals surface area contributed by atoms with Crippen molar-refractivity contribution in [2.75, 3.05) is 11.4 Å². The van der Waals surface area contributed by atoms with Gasteiger partial charge >= 0.3 is 6.03 Å². The maximum Gasteiger partial charge on any atom is 0.329 e. The van der Waals surface area contributed by atoms with E-state index in [2.05, 4.69) is 15.5 Å². The van der Waals surface area contributed by atoms with E-state index < -0.39 is 6.03 Å². The number of hydrogen-bond donors (Lipinski definition) is 1. The normalized spacial score (nSPS) is 16.7. The molecule has 96 valence electrons. The van der Waals surface area contributed by atoms with Crippen LogP contribution < -0.4 is 10.2 Å². The van der Waals surface area contributed by atoms with E-state index in [1.807, 2.05) is 26.8 Å². The monoisotopic (exact) mass is 248 g/mol. The zero-order chi connectivity index (χ0) is 13.3. The molecule has 0 saturated carbocycles. The van der Waals surface area contributed by atoms with Crippen molar-refractivity contribution in [3.63, 3.8) is 0 Å². The first-order chi connectivity index (χ1) is 8.38.